The molecule has 0 aliphatic heterocycles. The molecule has 0 unspecified atom stereocenters. The van der Waals surface area contributed by atoms with Gasteiger partial charge in [0, 0.05) is 38.1 Å². The van der Waals surface area contributed by atoms with Gasteiger partial charge in [0.25, 0.3) is 10.0 Å². The molecule has 7 nitrogen and oxygen atoms in total. The van der Waals surface area contributed by atoms with Crippen LogP contribution in [0.3, 0.4) is 0 Å². The second-order valence-electron chi connectivity index (χ2n) is 5.02. The zero-order chi connectivity index (χ0) is 15.5. The van der Waals surface area contributed by atoms with Gasteiger partial charge in [-0.1, -0.05) is 19.9 Å². The van der Waals surface area contributed by atoms with E-state index in [1.165, 1.54) is 10.7 Å². The van der Waals surface area contributed by atoms with Crippen LogP contribution in [-0.4, -0.2) is 29.2 Å². The Morgan fingerprint density at radius 3 is 2.57 bits per heavy atom. The topological polar surface area (TPSA) is 88.9 Å². The van der Waals surface area contributed by atoms with Gasteiger partial charge in [0.05, 0.1) is 0 Å². The second-order valence-corrected chi connectivity index (χ2v) is 6.65. The Kier molecular flexibility index (Phi) is 4.59. The average Bonchev–Trinajstić information content (AvgIpc) is 2.81. The van der Waals surface area contributed by atoms with Crippen molar-refractivity contribution in [1.82, 2.24) is 20.1 Å². The van der Waals surface area contributed by atoms with Gasteiger partial charge in [0.2, 0.25) is 0 Å². The molecule has 0 amide bonds. The highest BCUT2D eigenvalue weighted by molar-refractivity contribution is 7.92. The zero-order valence-corrected chi connectivity index (χ0v) is 13.1. The van der Waals surface area contributed by atoms with E-state index in [1.807, 2.05) is 13.8 Å². The van der Waals surface area contributed by atoms with Crippen LogP contribution in [0.1, 0.15) is 19.4 Å². The molecule has 2 heterocycles. The number of pyridine rings is 1. The third kappa shape index (κ3) is 4.27. The van der Waals surface area contributed by atoms with E-state index in [1.54, 1.807) is 31.6 Å². The van der Waals surface area contributed by atoms with Crippen molar-refractivity contribution in [1.29, 1.82) is 0 Å². The second kappa shape index (κ2) is 6.23. The van der Waals surface area contributed by atoms with E-state index in [9.17, 15) is 8.42 Å². The molecule has 2 rings (SSSR count). The van der Waals surface area contributed by atoms with Crippen molar-refractivity contribution in [2.75, 3.05) is 4.72 Å². The minimum Gasteiger partial charge on any atom is -0.310 e. The highest BCUT2D eigenvalue weighted by Crippen LogP contribution is 2.12. The van der Waals surface area contributed by atoms with Crippen LogP contribution in [0.2, 0.25) is 0 Å². The monoisotopic (exact) mass is 309 g/mol. The average molecular weight is 309 g/mol. The van der Waals surface area contributed by atoms with Crippen LogP contribution in [0.5, 0.6) is 0 Å². The number of hydrogen-bond donors (Lipinski definition) is 2. The summed E-state index contributed by atoms with van der Waals surface area (Å²) >= 11 is 0. The highest BCUT2D eigenvalue weighted by Gasteiger charge is 2.16. The Morgan fingerprint density at radius 2 is 2.05 bits per heavy atom. The van der Waals surface area contributed by atoms with Crippen molar-refractivity contribution < 1.29 is 8.42 Å². The van der Waals surface area contributed by atoms with Crippen LogP contribution in [0.4, 0.5) is 5.82 Å². The molecule has 8 heteroatoms. The van der Waals surface area contributed by atoms with E-state index >= 15 is 0 Å². The molecule has 2 N–H and O–H groups in total. The van der Waals surface area contributed by atoms with Gasteiger partial charge < -0.3 is 5.32 Å². The molecule has 2 aromatic rings. The number of rotatable bonds is 6. The van der Waals surface area contributed by atoms with Gasteiger partial charge >= 0.3 is 0 Å². The summed E-state index contributed by atoms with van der Waals surface area (Å²) in [7, 11) is -1.99. The van der Waals surface area contributed by atoms with Crippen LogP contribution < -0.4 is 10.0 Å². The van der Waals surface area contributed by atoms with Crippen LogP contribution in [0.15, 0.2) is 35.6 Å². The molecular formula is C13H19N5O2S. The minimum absolute atomic E-state index is 0.0264. The number of nitrogens with zero attached hydrogens (tertiary/aromatic N) is 3. The maximum absolute atomic E-state index is 12.1. The lowest BCUT2D eigenvalue weighted by Crippen LogP contribution is -2.22. The quantitative estimate of drug-likeness (QED) is 0.834. The summed E-state index contributed by atoms with van der Waals surface area (Å²) in [5.41, 5.74) is 0.931. The van der Waals surface area contributed by atoms with Crippen molar-refractivity contribution in [2.45, 2.75) is 31.5 Å². The summed E-state index contributed by atoms with van der Waals surface area (Å²) in [5, 5.41) is 7.19. The predicted molar refractivity (Wildman–Crippen MR) is 80.2 cm³/mol. The van der Waals surface area contributed by atoms with Crippen molar-refractivity contribution in [3.8, 4) is 0 Å². The molecule has 21 heavy (non-hydrogen) atoms. The lowest BCUT2D eigenvalue weighted by Gasteiger charge is -2.08. The maximum Gasteiger partial charge on any atom is 0.280 e. The molecule has 0 fully saturated rings. The molecule has 0 saturated carbocycles. The van der Waals surface area contributed by atoms with Crippen molar-refractivity contribution in [2.24, 2.45) is 7.05 Å². The normalized spacial score (nSPS) is 11.8. The van der Waals surface area contributed by atoms with Crippen LogP contribution in [0, 0.1) is 0 Å². The summed E-state index contributed by atoms with van der Waals surface area (Å²) in [4.78, 5) is 4.01. The number of aryl methyl sites for hydroxylation is 1. The fraction of sp³-hybridized carbons (Fsp3) is 0.385. The zero-order valence-electron chi connectivity index (χ0n) is 12.2. The van der Waals surface area contributed by atoms with Gasteiger partial charge in [-0.3, -0.25) is 9.40 Å². The van der Waals surface area contributed by atoms with Crippen LogP contribution in [-0.2, 0) is 23.6 Å². The molecule has 0 bridgehead atoms. The van der Waals surface area contributed by atoms with E-state index < -0.39 is 10.0 Å². The van der Waals surface area contributed by atoms with Crippen molar-refractivity contribution in [3.05, 3.63) is 36.2 Å². The van der Waals surface area contributed by atoms with Gasteiger partial charge in [0.1, 0.15) is 0 Å². The molecule has 114 valence electrons. The summed E-state index contributed by atoms with van der Waals surface area (Å²) in [6.07, 6.45) is 3.22. The first-order valence-electron chi connectivity index (χ1n) is 6.57. The molecule has 0 saturated heterocycles. The summed E-state index contributed by atoms with van der Waals surface area (Å²) in [6.45, 7) is 4.74. The fourth-order valence-corrected chi connectivity index (χ4v) is 2.58. The van der Waals surface area contributed by atoms with Gasteiger partial charge in [-0.25, -0.2) is 4.98 Å². The van der Waals surface area contributed by atoms with Gasteiger partial charge in [0.15, 0.2) is 10.8 Å². The predicted octanol–water partition coefficient (Wildman–Crippen LogP) is 1.11. The third-order valence-corrected chi connectivity index (χ3v) is 4.01. The number of aromatic nitrogens is 3. The smallest absolute Gasteiger partial charge is 0.280 e. The van der Waals surface area contributed by atoms with Crippen LogP contribution in [0.25, 0.3) is 0 Å². The SMILES string of the molecule is CC(C)NCc1ccc(S(=O)(=O)Nc2ccn(C)n2)nc1. The minimum atomic E-state index is -3.71. The summed E-state index contributed by atoms with van der Waals surface area (Å²) in [6, 6.07) is 5.18. The molecule has 0 radical (unpaired) electrons. The van der Waals surface area contributed by atoms with E-state index in [-0.39, 0.29) is 10.8 Å². The van der Waals surface area contributed by atoms with Gasteiger partial charge in [-0.2, -0.15) is 13.5 Å². The lowest BCUT2D eigenvalue weighted by atomic mass is 10.2. The molecule has 0 aliphatic carbocycles. The molecule has 0 aliphatic rings. The van der Waals surface area contributed by atoms with Gasteiger partial charge in [-0.15, -0.1) is 0 Å². The fourth-order valence-electron chi connectivity index (χ4n) is 1.66. The van der Waals surface area contributed by atoms with E-state index in [0.29, 0.717) is 12.6 Å². The van der Waals surface area contributed by atoms with Gasteiger partial charge in [-0.05, 0) is 11.6 Å². The number of hydrogen-bond acceptors (Lipinski definition) is 5. The van der Waals surface area contributed by atoms with Crippen molar-refractivity contribution in [3.63, 3.8) is 0 Å². The highest BCUT2D eigenvalue weighted by atomic mass is 32.2. The first kappa shape index (κ1) is 15.5. The Morgan fingerprint density at radius 1 is 1.29 bits per heavy atom. The molecule has 0 atom stereocenters. The maximum atomic E-state index is 12.1. The first-order valence-corrected chi connectivity index (χ1v) is 8.06. The van der Waals surface area contributed by atoms with E-state index in [0.717, 1.165) is 5.56 Å². The first-order chi connectivity index (χ1) is 9.87. The lowest BCUT2D eigenvalue weighted by molar-refractivity contribution is 0.585. The molecule has 0 spiro atoms. The summed E-state index contributed by atoms with van der Waals surface area (Å²) < 4.78 is 28.2. The third-order valence-electron chi connectivity index (χ3n) is 2.74. The Labute approximate surface area is 124 Å². The largest absolute Gasteiger partial charge is 0.310 e. The Bertz CT molecular complexity index is 692. The van der Waals surface area contributed by atoms with E-state index in [2.05, 4.69) is 20.1 Å². The van der Waals surface area contributed by atoms with Crippen LogP contribution >= 0.6 is 0 Å². The summed E-state index contributed by atoms with van der Waals surface area (Å²) in [5.74, 6) is 0.268. The molecular weight excluding hydrogens is 290 g/mol. The Hall–Kier alpha value is -1.93. The number of anilines is 1. The standard InChI is InChI=1S/C13H19N5O2S/c1-10(2)14-8-11-4-5-13(15-9-11)21(19,20)17-12-6-7-18(3)16-12/h4-7,9-10,14H,8H2,1-3H3,(H,16,17). The number of sulfonamides is 1. The Balaban J connectivity index is 2.09. The van der Waals surface area contributed by atoms with E-state index in [4.69, 9.17) is 0 Å². The van der Waals surface area contributed by atoms with Crippen molar-refractivity contribution >= 4 is 15.8 Å². The molecule has 2 aromatic heterocycles. The number of nitrogens with one attached hydrogen (secondary N) is 2. The molecule has 0 aromatic carbocycles.